The van der Waals surface area contributed by atoms with E-state index in [9.17, 15) is 13.2 Å². The van der Waals surface area contributed by atoms with Gasteiger partial charge in [-0.15, -0.1) is 0 Å². The fraction of sp³-hybridized carbons (Fsp3) is 0.500. The molecule has 1 atom stereocenters. The highest BCUT2D eigenvalue weighted by Gasteiger charge is 2.30. The summed E-state index contributed by atoms with van der Waals surface area (Å²) in [7, 11) is -2.52. The van der Waals surface area contributed by atoms with Crippen LogP contribution in [0.1, 0.15) is 5.56 Å². The van der Waals surface area contributed by atoms with Gasteiger partial charge in [0.15, 0.2) is 0 Å². The summed E-state index contributed by atoms with van der Waals surface area (Å²) < 4.78 is 38.3. The molecule has 0 bridgehead atoms. The zero-order chi connectivity index (χ0) is 16.0. The summed E-state index contributed by atoms with van der Waals surface area (Å²) in [5.41, 5.74) is 0.850. The molecule has 122 valence electrons. The van der Waals surface area contributed by atoms with E-state index in [2.05, 4.69) is 4.72 Å². The van der Waals surface area contributed by atoms with Crippen LogP contribution in [-0.4, -0.2) is 58.1 Å². The molecule has 1 aromatic carbocycles. The minimum absolute atomic E-state index is 0.233. The molecule has 0 spiro atoms. The molecule has 1 saturated heterocycles. The standard InChI is InChI=1S/C14H20N2O5S/c1-20-14(17)13(11-12-5-3-2-4-6-12)15-22(18,19)16-7-9-21-10-8-16/h2-6,13,15H,7-11H2,1H3. The summed E-state index contributed by atoms with van der Waals surface area (Å²) in [6.45, 7) is 1.24. The normalized spacial score (nSPS) is 17.9. The van der Waals surface area contributed by atoms with Crippen LogP contribution in [0.3, 0.4) is 0 Å². The quantitative estimate of drug-likeness (QED) is 0.740. The Morgan fingerprint density at radius 1 is 1.32 bits per heavy atom. The monoisotopic (exact) mass is 328 g/mol. The molecule has 1 fully saturated rings. The molecule has 0 amide bonds. The number of ether oxygens (including phenoxy) is 2. The van der Waals surface area contributed by atoms with Crippen LogP contribution in [-0.2, 0) is 30.9 Å². The average molecular weight is 328 g/mol. The average Bonchev–Trinajstić information content (AvgIpc) is 2.55. The number of benzene rings is 1. The lowest BCUT2D eigenvalue weighted by molar-refractivity contribution is -0.142. The van der Waals surface area contributed by atoms with Gasteiger partial charge in [0.2, 0.25) is 0 Å². The fourth-order valence-electron chi connectivity index (χ4n) is 2.21. The molecule has 1 aliphatic rings. The molecule has 1 N–H and O–H groups in total. The summed E-state index contributed by atoms with van der Waals surface area (Å²) in [4.78, 5) is 11.9. The van der Waals surface area contributed by atoms with Gasteiger partial charge in [-0.2, -0.15) is 17.4 Å². The first kappa shape index (κ1) is 16.9. The van der Waals surface area contributed by atoms with Crippen molar-refractivity contribution in [2.24, 2.45) is 0 Å². The minimum atomic E-state index is -3.76. The summed E-state index contributed by atoms with van der Waals surface area (Å²) in [5.74, 6) is -0.610. The zero-order valence-corrected chi connectivity index (χ0v) is 13.2. The Hall–Kier alpha value is -1.48. The number of esters is 1. The van der Waals surface area contributed by atoms with Crippen molar-refractivity contribution in [1.29, 1.82) is 0 Å². The van der Waals surface area contributed by atoms with Gasteiger partial charge in [0.1, 0.15) is 6.04 Å². The molecule has 1 aliphatic heterocycles. The maximum Gasteiger partial charge on any atom is 0.324 e. The molecule has 0 aliphatic carbocycles. The van der Waals surface area contributed by atoms with E-state index >= 15 is 0 Å². The number of morpholine rings is 1. The molecule has 2 rings (SSSR count). The Kier molecular flexibility index (Phi) is 5.90. The number of carbonyl (C=O) groups is 1. The number of rotatable bonds is 6. The van der Waals surface area contributed by atoms with Gasteiger partial charge < -0.3 is 9.47 Å². The Morgan fingerprint density at radius 3 is 2.55 bits per heavy atom. The van der Waals surface area contributed by atoms with Gasteiger partial charge in [0, 0.05) is 13.1 Å². The van der Waals surface area contributed by atoms with Crippen LogP contribution in [0, 0.1) is 0 Å². The van der Waals surface area contributed by atoms with E-state index in [1.165, 1.54) is 11.4 Å². The highest BCUT2D eigenvalue weighted by Crippen LogP contribution is 2.09. The molecule has 1 aromatic rings. The van der Waals surface area contributed by atoms with Crippen molar-refractivity contribution in [3.63, 3.8) is 0 Å². The van der Waals surface area contributed by atoms with E-state index in [0.717, 1.165) is 5.56 Å². The van der Waals surface area contributed by atoms with Gasteiger partial charge in [-0.25, -0.2) is 0 Å². The van der Waals surface area contributed by atoms with Crippen LogP contribution in [0.5, 0.6) is 0 Å². The van der Waals surface area contributed by atoms with Gasteiger partial charge in [0.05, 0.1) is 20.3 Å². The molecular formula is C14H20N2O5S. The lowest BCUT2D eigenvalue weighted by Gasteiger charge is -2.28. The Bertz CT molecular complexity index is 585. The van der Waals surface area contributed by atoms with E-state index in [0.29, 0.717) is 13.2 Å². The van der Waals surface area contributed by atoms with Gasteiger partial charge >= 0.3 is 5.97 Å². The third-order valence-corrected chi connectivity index (χ3v) is 5.00. The van der Waals surface area contributed by atoms with Crippen LogP contribution in [0.4, 0.5) is 0 Å². The van der Waals surface area contributed by atoms with Crippen LogP contribution in [0.25, 0.3) is 0 Å². The van der Waals surface area contributed by atoms with Crippen LogP contribution in [0.2, 0.25) is 0 Å². The fourth-order valence-corrected chi connectivity index (χ4v) is 3.52. The van der Waals surface area contributed by atoms with Crippen LogP contribution < -0.4 is 4.72 Å². The maximum absolute atomic E-state index is 12.4. The number of hydrogen-bond donors (Lipinski definition) is 1. The number of carbonyl (C=O) groups excluding carboxylic acids is 1. The predicted octanol–water partition coefficient (Wildman–Crippen LogP) is -0.0627. The van der Waals surface area contributed by atoms with Gasteiger partial charge in [-0.05, 0) is 12.0 Å². The van der Waals surface area contributed by atoms with Crippen molar-refractivity contribution in [2.75, 3.05) is 33.4 Å². The number of methoxy groups -OCH3 is 1. The SMILES string of the molecule is COC(=O)C(Cc1ccccc1)NS(=O)(=O)N1CCOCC1. The third kappa shape index (κ3) is 4.51. The summed E-state index contributed by atoms with van der Waals surface area (Å²) >= 11 is 0. The molecule has 8 heteroatoms. The number of nitrogens with zero attached hydrogens (tertiary/aromatic N) is 1. The lowest BCUT2D eigenvalue weighted by atomic mass is 10.1. The molecule has 1 heterocycles. The van der Waals surface area contributed by atoms with Crippen molar-refractivity contribution in [3.05, 3.63) is 35.9 Å². The smallest absolute Gasteiger partial charge is 0.324 e. The van der Waals surface area contributed by atoms with Crippen LogP contribution >= 0.6 is 0 Å². The summed E-state index contributed by atoms with van der Waals surface area (Å²) in [5, 5.41) is 0. The molecule has 7 nitrogen and oxygen atoms in total. The van der Waals surface area contributed by atoms with Crippen molar-refractivity contribution >= 4 is 16.2 Å². The Labute approximate surface area is 130 Å². The maximum atomic E-state index is 12.4. The van der Waals surface area contributed by atoms with Gasteiger partial charge in [-0.3, -0.25) is 4.79 Å². The number of hydrogen-bond acceptors (Lipinski definition) is 5. The van der Waals surface area contributed by atoms with Gasteiger partial charge in [0.25, 0.3) is 10.2 Å². The number of nitrogens with one attached hydrogen (secondary N) is 1. The van der Waals surface area contributed by atoms with Gasteiger partial charge in [-0.1, -0.05) is 30.3 Å². The van der Waals surface area contributed by atoms with E-state index in [4.69, 9.17) is 9.47 Å². The Balaban J connectivity index is 2.10. The van der Waals surface area contributed by atoms with E-state index in [1.54, 1.807) is 0 Å². The van der Waals surface area contributed by atoms with E-state index in [-0.39, 0.29) is 19.5 Å². The first-order valence-electron chi connectivity index (χ1n) is 7.00. The van der Waals surface area contributed by atoms with E-state index < -0.39 is 22.2 Å². The lowest BCUT2D eigenvalue weighted by Crippen LogP contribution is -2.52. The topological polar surface area (TPSA) is 84.9 Å². The summed E-state index contributed by atoms with van der Waals surface area (Å²) in [6, 6.07) is 8.23. The second-order valence-electron chi connectivity index (χ2n) is 4.90. The van der Waals surface area contributed by atoms with Crippen molar-refractivity contribution in [1.82, 2.24) is 9.03 Å². The van der Waals surface area contributed by atoms with Crippen molar-refractivity contribution < 1.29 is 22.7 Å². The second kappa shape index (κ2) is 7.68. The minimum Gasteiger partial charge on any atom is -0.468 e. The third-order valence-electron chi connectivity index (χ3n) is 3.37. The van der Waals surface area contributed by atoms with Crippen LogP contribution in [0.15, 0.2) is 30.3 Å². The molecular weight excluding hydrogens is 308 g/mol. The van der Waals surface area contributed by atoms with Crippen molar-refractivity contribution in [2.45, 2.75) is 12.5 Å². The largest absolute Gasteiger partial charge is 0.468 e. The molecule has 1 unspecified atom stereocenters. The summed E-state index contributed by atoms with van der Waals surface area (Å²) in [6.07, 6.45) is 0.233. The molecule has 0 saturated carbocycles. The Morgan fingerprint density at radius 2 is 1.95 bits per heavy atom. The molecule has 0 aromatic heterocycles. The zero-order valence-electron chi connectivity index (χ0n) is 12.4. The molecule has 0 radical (unpaired) electrons. The first-order chi connectivity index (χ1) is 10.5. The molecule has 22 heavy (non-hydrogen) atoms. The highest BCUT2D eigenvalue weighted by molar-refractivity contribution is 7.87. The van der Waals surface area contributed by atoms with E-state index in [1.807, 2.05) is 30.3 Å². The highest BCUT2D eigenvalue weighted by atomic mass is 32.2. The predicted molar refractivity (Wildman–Crippen MR) is 80.4 cm³/mol. The second-order valence-corrected chi connectivity index (χ2v) is 6.60. The van der Waals surface area contributed by atoms with Crippen molar-refractivity contribution in [3.8, 4) is 0 Å². The first-order valence-corrected chi connectivity index (χ1v) is 8.44.